The van der Waals surface area contributed by atoms with Crippen molar-refractivity contribution in [3.63, 3.8) is 0 Å². The van der Waals surface area contributed by atoms with Gasteiger partial charge in [0.05, 0.1) is 18.5 Å². The van der Waals surface area contributed by atoms with Crippen LogP contribution in [0.4, 0.5) is 17.1 Å². The SMILES string of the molecule is COc1ccc(Cl)cc1NC(=O)[C@H](C)Nc1ccc2c(c1)NC(=O)[C@H](C)O2. The summed E-state index contributed by atoms with van der Waals surface area (Å²) in [6, 6.07) is 9.70. The molecule has 2 amide bonds. The lowest BCUT2D eigenvalue weighted by atomic mass is 10.2. The van der Waals surface area contributed by atoms with Crippen molar-refractivity contribution in [2.24, 2.45) is 0 Å². The highest BCUT2D eigenvalue weighted by atomic mass is 35.5. The van der Waals surface area contributed by atoms with Gasteiger partial charge in [-0.15, -0.1) is 0 Å². The number of methoxy groups -OCH3 is 1. The molecule has 3 rings (SSSR count). The van der Waals surface area contributed by atoms with Crippen LogP contribution in [0.25, 0.3) is 0 Å². The highest BCUT2D eigenvalue weighted by Crippen LogP contribution is 2.32. The van der Waals surface area contributed by atoms with Crippen LogP contribution in [0.1, 0.15) is 13.8 Å². The fourth-order valence-corrected chi connectivity index (χ4v) is 2.81. The van der Waals surface area contributed by atoms with Gasteiger partial charge in [0.1, 0.15) is 17.5 Å². The molecule has 3 N–H and O–H groups in total. The third-order valence-corrected chi connectivity index (χ3v) is 4.34. The molecule has 0 saturated carbocycles. The minimum Gasteiger partial charge on any atom is -0.495 e. The molecule has 0 unspecified atom stereocenters. The van der Waals surface area contributed by atoms with Crippen molar-refractivity contribution < 1.29 is 19.1 Å². The van der Waals surface area contributed by atoms with Crippen molar-refractivity contribution in [3.05, 3.63) is 41.4 Å². The van der Waals surface area contributed by atoms with E-state index in [1.165, 1.54) is 7.11 Å². The molecule has 2 aromatic carbocycles. The Morgan fingerprint density at radius 2 is 2.07 bits per heavy atom. The summed E-state index contributed by atoms with van der Waals surface area (Å²) in [6.07, 6.45) is -0.534. The number of rotatable bonds is 5. The van der Waals surface area contributed by atoms with E-state index >= 15 is 0 Å². The predicted octanol–water partition coefficient (Wildman–Crippen LogP) is 3.51. The molecule has 1 aliphatic rings. The quantitative estimate of drug-likeness (QED) is 0.728. The highest BCUT2D eigenvalue weighted by Gasteiger charge is 2.24. The Morgan fingerprint density at radius 3 is 2.81 bits per heavy atom. The molecule has 0 radical (unpaired) electrons. The number of carbonyl (C=O) groups excluding carboxylic acids is 2. The minimum atomic E-state index is -0.550. The zero-order valence-electron chi connectivity index (χ0n) is 15.1. The largest absolute Gasteiger partial charge is 0.495 e. The number of nitrogens with one attached hydrogen (secondary N) is 3. The van der Waals surface area contributed by atoms with Crippen LogP contribution >= 0.6 is 11.6 Å². The molecule has 2 aromatic rings. The van der Waals surface area contributed by atoms with Gasteiger partial charge in [-0.1, -0.05) is 11.6 Å². The van der Waals surface area contributed by atoms with E-state index < -0.39 is 12.1 Å². The molecule has 8 heteroatoms. The van der Waals surface area contributed by atoms with E-state index in [9.17, 15) is 9.59 Å². The van der Waals surface area contributed by atoms with Gasteiger partial charge in [0.15, 0.2) is 6.10 Å². The Hall–Kier alpha value is -2.93. The number of hydrogen-bond acceptors (Lipinski definition) is 5. The Labute approximate surface area is 162 Å². The number of amides is 2. The average Bonchev–Trinajstić information content (AvgIpc) is 2.63. The van der Waals surface area contributed by atoms with E-state index in [1.54, 1.807) is 50.2 Å². The first-order valence-electron chi connectivity index (χ1n) is 8.40. The lowest BCUT2D eigenvalue weighted by Gasteiger charge is -2.24. The van der Waals surface area contributed by atoms with Crippen molar-refractivity contribution in [2.45, 2.75) is 26.0 Å². The van der Waals surface area contributed by atoms with Gasteiger partial charge >= 0.3 is 0 Å². The first kappa shape index (κ1) is 18.8. The lowest BCUT2D eigenvalue weighted by Crippen LogP contribution is -2.34. The van der Waals surface area contributed by atoms with Gasteiger partial charge in [0.25, 0.3) is 5.91 Å². The second kappa shape index (κ2) is 7.75. The van der Waals surface area contributed by atoms with Gasteiger partial charge in [0.2, 0.25) is 5.91 Å². The smallest absolute Gasteiger partial charge is 0.265 e. The van der Waals surface area contributed by atoms with Gasteiger partial charge in [0, 0.05) is 10.7 Å². The number of hydrogen-bond donors (Lipinski definition) is 3. The summed E-state index contributed by atoms with van der Waals surface area (Å²) in [6.45, 7) is 3.41. The summed E-state index contributed by atoms with van der Waals surface area (Å²) in [5.41, 5.74) is 1.73. The van der Waals surface area contributed by atoms with Gasteiger partial charge in [-0.3, -0.25) is 9.59 Å². The maximum absolute atomic E-state index is 12.5. The molecule has 0 fully saturated rings. The lowest BCUT2D eigenvalue weighted by molar-refractivity contribution is -0.122. The van der Waals surface area contributed by atoms with Crippen LogP contribution in [-0.4, -0.2) is 31.1 Å². The standard InChI is InChI=1S/C19H20ClN3O4/c1-10(18(24)22-14-8-12(20)4-6-16(14)26-3)21-13-5-7-17-15(9-13)23-19(25)11(2)27-17/h4-11,21H,1-3H3,(H,22,24)(H,23,25)/t10-,11-/m0/s1. The third-order valence-electron chi connectivity index (χ3n) is 4.11. The molecule has 2 atom stereocenters. The molecule has 0 bridgehead atoms. The monoisotopic (exact) mass is 389 g/mol. The van der Waals surface area contributed by atoms with Crippen LogP contribution < -0.4 is 25.4 Å². The van der Waals surface area contributed by atoms with E-state index in [4.69, 9.17) is 21.1 Å². The molecule has 0 aliphatic carbocycles. The van der Waals surface area contributed by atoms with E-state index in [-0.39, 0.29) is 11.8 Å². The van der Waals surface area contributed by atoms with Crippen LogP contribution in [0.2, 0.25) is 5.02 Å². The second-order valence-corrected chi connectivity index (χ2v) is 6.60. The summed E-state index contributed by atoms with van der Waals surface area (Å²) >= 11 is 5.99. The summed E-state index contributed by atoms with van der Waals surface area (Å²) in [5.74, 6) is 0.636. The van der Waals surface area contributed by atoms with E-state index in [0.717, 1.165) is 0 Å². The normalized spacial score (nSPS) is 16.4. The van der Waals surface area contributed by atoms with Crippen LogP contribution in [0, 0.1) is 0 Å². The van der Waals surface area contributed by atoms with Gasteiger partial charge in [-0.25, -0.2) is 0 Å². The van der Waals surface area contributed by atoms with Crippen LogP contribution in [-0.2, 0) is 9.59 Å². The Kier molecular flexibility index (Phi) is 5.41. The van der Waals surface area contributed by atoms with E-state index in [2.05, 4.69) is 16.0 Å². The topological polar surface area (TPSA) is 88.7 Å². The highest BCUT2D eigenvalue weighted by molar-refractivity contribution is 6.31. The second-order valence-electron chi connectivity index (χ2n) is 6.16. The summed E-state index contributed by atoms with van der Waals surface area (Å²) in [7, 11) is 1.52. The molecule has 27 heavy (non-hydrogen) atoms. The van der Waals surface area contributed by atoms with Crippen LogP contribution in [0.5, 0.6) is 11.5 Å². The maximum atomic E-state index is 12.5. The number of anilines is 3. The van der Waals surface area contributed by atoms with Gasteiger partial charge in [-0.05, 0) is 50.2 Å². The molecular weight excluding hydrogens is 370 g/mol. The number of halogens is 1. The van der Waals surface area contributed by atoms with Crippen molar-refractivity contribution in [3.8, 4) is 11.5 Å². The van der Waals surface area contributed by atoms with Gasteiger partial charge in [-0.2, -0.15) is 0 Å². The number of carbonyl (C=O) groups is 2. The number of benzene rings is 2. The molecule has 7 nitrogen and oxygen atoms in total. The van der Waals surface area contributed by atoms with Crippen LogP contribution in [0.3, 0.4) is 0 Å². The Bertz CT molecular complexity index is 887. The molecule has 1 aliphatic heterocycles. The predicted molar refractivity (Wildman–Crippen MR) is 105 cm³/mol. The fraction of sp³-hybridized carbons (Fsp3) is 0.263. The fourth-order valence-electron chi connectivity index (χ4n) is 2.63. The molecule has 142 valence electrons. The van der Waals surface area contributed by atoms with E-state index in [0.29, 0.717) is 33.6 Å². The summed E-state index contributed by atoms with van der Waals surface area (Å²) in [4.78, 5) is 24.3. The molecular formula is C19H20ClN3O4. The minimum absolute atomic E-state index is 0.210. The maximum Gasteiger partial charge on any atom is 0.265 e. The van der Waals surface area contributed by atoms with Crippen molar-refractivity contribution in [1.82, 2.24) is 0 Å². The van der Waals surface area contributed by atoms with Crippen molar-refractivity contribution in [1.29, 1.82) is 0 Å². The van der Waals surface area contributed by atoms with Crippen LogP contribution in [0.15, 0.2) is 36.4 Å². The molecule has 0 spiro atoms. The summed E-state index contributed by atoms with van der Waals surface area (Å²) < 4.78 is 10.8. The molecule has 1 heterocycles. The summed E-state index contributed by atoms with van der Waals surface area (Å²) in [5, 5.41) is 9.16. The van der Waals surface area contributed by atoms with Crippen molar-refractivity contribution >= 4 is 40.5 Å². The first-order chi connectivity index (χ1) is 12.9. The zero-order valence-corrected chi connectivity index (χ0v) is 15.9. The van der Waals surface area contributed by atoms with E-state index in [1.807, 2.05) is 0 Å². The zero-order chi connectivity index (χ0) is 19.6. The molecule has 0 saturated heterocycles. The Morgan fingerprint density at radius 1 is 1.30 bits per heavy atom. The van der Waals surface area contributed by atoms with Gasteiger partial charge < -0.3 is 25.4 Å². The first-order valence-corrected chi connectivity index (χ1v) is 8.77. The number of fused-ring (bicyclic) bond motifs is 1. The van der Waals surface area contributed by atoms with Crippen molar-refractivity contribution in [2.75, 3.05) is 23.1 Å². The third kappa shape index (κ3) is 4.25. The number of ether oxygens (including phenoxy) is 2. The Balaban J connectivity index is 1.69. The molecule has 0 aromatic heterocycles. The average molecular weight is 390 g/mol.